The van der Waals surface area contributed by atoms with E-state index in [0.717, 1.165) is 41.9 Å². The van der Waals surface area contributed by atoms with Crippen LogP contribution in [0.3, 0.4) is 0 Å². The van der Waals surface area contributed by atoms with Gasteiger partial charge in [-0.3, -0.25) is 13.9 Å². The van der Waals surface area contributed by atoms with Gasteiger partial charge in [0.15, 0.2) is 10.9 Å². The van der Waals surface area contributed by atoms with E-state index in [2.05, 4.69) is 22.3 Å². The summed E-state index contributed by atoms with van der Waals surface area (Å²) >= 11 is 1.39. The van der Waals surface area contributed by atoms with Crippen molar-refractivity contribution < 1.29 is 13.9 Å². The van der Waals surface area contributed by atoms with Crippen molar-refractivity contribution >= 4 is 28.6 Å². The number of para-hydroxylation sites is 1. The van der Waals surface area contributed by atoms with Gasteiger partial charge < -0.3 is 9.15 Å². The van der Waals surface area contributed by atoms with Crippen molar-refractivity contribution in [2.75, 3.05) is 12.4 Å². The molecule has 0 aliphatic heterocycles. The lowest BCUT2D eigenvalue weighted by Crippen LogP contribution is -2.18. The fourth-order valence-electron chi connectivity index (χ4n) is 4.99. The highest BCUT2D eigenvalue weighted by atomic mass is 32.2. The van der Waals surface area contributed by atoms with Crippen molar-refractivity contribution in [3.05, 3.63) is 78.2 Å². The van der Waals surface area contributed by atoms with E-state index in [-0.39, 0.29) is 11.7 Å². The zero-order valence-corrected chi connectivity index (χ0v) is 20.8. The second kappa shape index (κ2) is 9.70. The number of nitrogens with zero attached hydrogens (tertiary/aromatic N) is 4. The first-order valence-corrected chi connectivity index (χ1v) is 13.2. The van der Waals surface area contributed by atoms with E-state index in [4.69, 9.17) is 9.15 Å². The average molecular weight is 499 g/mol. The highest BCUT2D eigenvalue weighted by Crippen LogP contribution is 2.34. The lowest BCUT2D eigenvalue weighted by molar-refractivity contribution is 0.0943. The third-order valence-electron chi connectivity index (χ3n) is 6.53. The van der Waals surface area contributed by atoms with Crippen LogP contribution in [-0.4, -0.2) is 37.6 Å². The molecule has 1 aliphatic carbocycles. The van der Waals surface area contributed by atoms with E-state index in [1.807, 2.05) is 64.6 Å². The lowest BCUT2D eigenvalue weighted by Gasteiger charge is -2.15. The van der Waals surface area contributed by atoms with Crippen LogP contribution < -0.4 is 4.74 Å². The number of furan rings is 1. The van der Waals surface area contributed by atoms with Crippen LogP contribution in [0.4, 0.5) is 0 Å². The van der Waals surface area contributed by atoms with Crippen molar-refractivity contribution in [1.29, 1.82) is 0 Å². The number of thioether (sulfide) groups is 1. The molecule has 3 heterocycles. The van der Waals surface area contributed by atoms with Gasteiger partial charge in [0.1, 0.15) is 5.75 Å². The first-order valence-electron chi connectivity index (χ1n) is 12.2. The average Bonchev–Trinajstić information content (AvgIpc) is 3.65. The summed E-state index contributed by atoms with van der Waals surface area (Å²) in [5, 5.41) is 10.7. The molecule has 2 aromatic carbocycles. The van der Waals surface area contributed by atoms with Gasteiger partial charge in [-0.05, 0) is 80.6 Å². The minimum Gasteiger partial charge on any atom is -0.494 e. The van der Waals surface area contributed by atoms with Crippen LogP contribution in [0, 0.1) is 0 Å². The van der Waals surface area contributed by atoms with Crippen molar-refractivity contribution in [3.63, 3.8) is 0 Å². The van der Waals surface area contributed by atoms with Crippen molar-refractivity contribution in [2.24, 2.45) is 0 Å². The van der Waals surface area contributed by atoms with E-state index in [9.17, 15) is 4.79 Å². The Morgan fingerprint density at radius 1 is 1.03 bits per heavy atom. The second-order valence-corrected chi connectivity index (χ2v) is 9.66. The summed E-state index contributed by atoms with van der Waals surface area (Å²) in [5.74, 6) is 2.30. The van der Waals surface area contributed by atoms with Gasteiger partial charge in [0.25, 0.3) is 0 Å². The normalized spacial score (nSPS) is 13.1. The molecule has 0 amide bonds. The largest absolute Gasteiger partial charge is 0.494 e. The fraction of sp³-hybridized carbons (Fsp3) is 0.250. The van der Waals surface area contributed by atoms with Crippen LogP contribution >= 0.6 is 11.8 Å². The molecule has 0 saturated carbocycles. The molecule has 3 aromatic heterocycles. The predicted octanol–water partition coefficient (Wildman–Crippen LogP) is 6.19. The molecule has 7 nitrogen and oxygen atoms in total. The number of aromatic nitrogens is 4. The molecule has 5 aromatic rings. The SMILES string of the molecule is CCOc1ccc(-n2c(SCC(=O)n3c4c(c5ccccc53)CCCC4)nnc2-c2ccco2)cc1. The van der Waals surface area contributed by atoms with Gasteiger partial charge in [0, 0.05) is 11.1 Å². The molecule has 0 saturated heterocycles. The molecule has 1 aliphatic rings. The summed E-state index contributed by atoms with van der Waals surface area (Å²) in [6.07, 6.45) is 5.86. The van der Waals surface area contributed by atoms with Crippen LogP contribution in [0.1, 0.15) is 35.8 Å². The monoisotopic (exact) mass is 498 g/mol. The van der Waals surface area contributed by atoms with Gasteiger partial charge in [0.05, 0.1) is 29.8 Å². The summed E-state index contributed by atoms with van der Waals surface area (Å²) < 4.78 is 15.1. The molecule has 0 atom stereocenters. The summed E-state index contributed by atoms with van der Waals surface area (Å²) in [6.45, 7) is 2.56. The van der Waals surface area contributed by atoms with Crippen molar-refractivity contribution in [1.82, 2.24) is 19.3 Å². The molecule has 0 bridgehead atoms. The number of carbonyl (C=O) groups is 1. The predicted molar refractivity (Wildman–Crippen MR) is 140 cm³/mol. The van der Waals surface area contributed by atoms with Crippen LogP contribution in [-0.2, 0) is 12.8 Å². The lowest BCUT2D eigenvalue weighted by atomic mass is 9.96. The van der Waals surface area contributed by atoms with Crippen LogP contribution in [0.2, 0.25) is 0 Å². The molecule has 36 heavy (non-hydrogen) atoms. The summed E-state index contributed by atoms with van der Waals surface area (Å²) in [5.41, 5.74) is 4.36. The Morgan fingerprint density at radius 3 is 2.67 bits per heavy atom. The standard InChI is InChI=1S/C28H26N4O3S/c1-2-34-20-15-13-19(14-16-20)31-27(25-12-7-17-35-25)29-30-28(31)36-18-26(33)32-23-10-5-3-8-21(23)22-9-4-6-11-24(22)32/h3,5,7-8,10,12-17H,2,4,6,9,11,18H2,1H3. The fourth-order valence-corrected chi connectivity index (χ4v) is 5.79. The molecule has 0 radical (unpaired) electrons. The Balaban J connectivity index is 1.34. The zero-order valence-electron chi connectivity index (χ0n) is 20.0. The van der Waals surface area contributed by atoms with E-state index in [1.54, 1.807) is 6.26 Å². The molecule has 6 rings (SSSR count). The molecule has 0 unspecified atom stereocenters. The van der Waals surface area contributed by atoms with E-state index in [1.165, 1.54) is 29.1 Å². The number of hydrogen-bond acceptors (Lipinski definition) is 6. The maximum absolute atomic E-state index is 13.6. The van der Waals surface area contributed by atoms with Crippen LogP contribution in [0.15, 0.2) is 76.5 Å². The van der Waals surface area contributed by atoms with E-state index >= 15 is 0 Å². The van der Waals surface area contributed by atoms with Crippen LogP contribution in [0.25, 0.3) is 28.2 Å². The molecular weight excluding hydrogens is 472 g/mol. The number of fused-ring (bicyclic) bond motifs is 3. The maximum atomic E-state index is 13.6. The Kier molecular flexibility index (Phi) is 6.11. The first kappa shape index (κ1) is 22.7. The topological polar surface area (TPSA) is 75.1 Å². The van der Waals surface area contributed by atoms with Crippen molar-refractivity contribution in [2.45, 2.75) is 37.8 Å². The quantitative estimate of drug-likeness (QED) is 0.249. The van der Waals surface area contributed by atoms with Gasteiger partial charge in [-0.25, -0.2) is 0 Å². The highest BCUT2D eigenvalue weighted by molar-refractivity contribution is 7.99. The number of aryl methyl sites for hydroxylation is 1. The summed E-state index contributed by atoms with van der Waals surface area (Å²) in [4.78, 5) is 13.6. The Hall–Kier alpha value is -3.78. The zero-order chi connectivity index (χ0) is 24.5. The highest BCUT2D eigenvalue weighted by Gasteiger charge is 2.24. The Bertz CT molecular complexity index is 1520. The number of benzene rings is 2. The summed E-state index contributed by atoms with van der Waals surface area (Å²) in [7, 11) is 0. The first-order chi connectivity index (χ1) is 17.7. The number of rotatable bonds is 7. The minimum absolute atomic E-state index is 0.0557. The van der Waals surface area contributed by atoms with Gasteiger partial charge in [-0.1, -0.05) is 30.0 Å². The molecule has 182 valence electrons. The van der Waals surface area contributed by atoms with Gasteiger partial charge in [-0.15, -0.1) is 10.2 Å². The smallest absolute Gasteiger partial charge is 0.241 e. The minimum atomic E-state index is 0.0557. The van der Waals surface area contributed by atoms with E-state index < -0.39 is 0 Å². The van der Waals surface area contributed by atoms with Gasteiger partial charge in [0.2, 0.25) is 11.7 Å². The van der Waals surface area contributed by atoms with E-state index in [0.29, 0.717) is 23.3 Å². The third-order valence-corrected chi connectivity index (χ3v) is 7.45. The summed E-state index contributed by atoms with van der Waals surface area (Å²) in [6, 6.07) is 19.7. The molecule has 0 N–H and O–H groups in total. The third kappa shape index (κ3) is 4.01. The number of ether oxygens (including phenoxy) is 1. The van der Waals surface area contributed by atoms with Crippen molar-refractivity contribution in [3.8, 4) is 23.0 Å². The Morgan fingerprint density at radius 2 is 1.86 bits per heavy atom. The second-order valence-electron chi connectivity index (χ2n) is 8.71. The Labute approximate surface area is 213 Å². The number of hydrogen-bond donors (Lipinski definition) is 0. The maximum Gasteiger partial charge on any atom is 0.241 e. The van der Waals surface area contributed by atoms with Gasteiger partial charge >= 0.3 is 0 Å². The molecule has 8 heteroatoms. The van der Waals surface area contributed by atoms with Gasteiger partial charge in [-0.2, -0.15) is 0 Å². The molecule has 0 fully saturated rings. The number of carbonyl (C=O) groups excluding carboxylic acids is 1. The van der Waals surface area contributed by atoms with Crippen LogP contribution in [0.5, 0.6) is 5.75 Å². The molecular formula is C28H26N4O3S. The molecule has 0 spiro atoms.